The number of ether oxygens (including phenoxy) is 1. The molecule has 0 bridgehead atoms. The quantitative estimate of drug-likeness (QED) is 0.558. The van der Waals surface area contributed by atoms with Crippen LogP contribution in [0.25, 0.3) is 0 Å². The van der Waals surface area contributed by atoms with Gasteiger partial charge in [0.2, 0.25) is 0 Å². The molecule has 1 aliphatic carbocycles. The fraction of sp³-hybridized carbons (Fsp3) is 0.360. The van der Waals surface area contributed by atoms with Gasteiger partial charge in [-0.05, 0) is 0 Å². The van der Waals surface area contributed by atoms with E-state index in [2.05, 4.69) is 93.7 Å². The molecule has 1 aliphatic heterocycles. The standard InChI is InChI=1S/C11H14NO.C7H9.C7H7.Bi/c1-11(2)8-13-10(12-11)9-6-4-3-5-7-9;2*1-7-5-3-2-4-6-7;/h3-6,10,12H,8H2,1-2H3;3,5H,4,6H2,1H3;3-6H,1H3;. The molecule has 0 spiro atoms. The third kappa shape index (κ3) is 4.32. The molecule has 1 fully saturated rings. The minimum absolute atomic E-state index is 0.00406. The van der Waals surface area contributed by atoms with Crippen molar-refractivity contribution in [3.05, 3.63) is 80.7 Å². The van der Waals surface area contributed by atoms with Gasteiger partial charge >= 0.3 is 178 Å². The Morgan fingerprint density at radius 3 is 2.36 bits per heavy atom. The van der Waals surface area contributed by atoms with Crippen molar-refractivity contribution in [1.29, 1.82) is 0 Å². The molecular formula is C25H30BiNO. The Labute approximate surface area is 177 Å². The molecule has 0 aromatic heterocycles. The summed E-state index contributed by atoms with van der Waals surface area (Å²) < 4.78 is 11.0. The Morgan fingerprint density at radius 1 is 0.964 bits per heavy atom. The van der Waals surface area contributed by atoms with Crippen molar-refractivity contribution in [2.75, 3.05) is 6.61 Å². The van der Waals surface area contributed by atoms with Crippen molar-refractivity contribution in [2.24, 2.45) is 0 Å². The topological polar surface area (TPSA) is 21.3 Å². The van der Waals surface area contributed by atoms with E-state index in [1.54, 1.807) is 9.82 Å². The molecule has 2 aromatic carbocycles. The Kier molecular flexibility index (Phi) is 5.88. The Hall–Kier alpha value is -1.28. The number of rotatable bonds is 4. The average molecular weight is 570 g/mol. The number of hydrogen-bond acceptors (Lipinski definition) is 2. The van der Waals surface area contributed by atoms with E-state index < -0.39 is 21.8 Å². The fourth-order valence-corrected chi connectivity index (χ4v) is 14.0. The van der Waals surface area contributed by atoms with Gasteiger partial charge in [-0.3, -0.25) is 0 Å². The normalized spacial score (nSPS) is 21.5. The third-order valence-corrected chi connectivity index (χ3v) is 15.8. The summed E-state index contributed by atoms with van der Waals surface area (Å²) in [6, 6.07) is 18.3. The van der Waals surface area contributed by atoms with E-state index in [0.717, 1.165) is 6.61 Å². The van der Waals surface area contributed by atoms with Crippen molar-refractivity contribution >= 4 is 28.3 Å². The van der Waals surface area contributed by atoms with Crippen molar-refractivity contribution in [3.63, 3.8) is 0 Å². The van der Waals surface area contributed by atoms with E-state index in [1.165, 1.54) is 29.5 Å². The van der Waals surface area contributed by atoms with E-state index >= 15 is 0 Å². The van der Waals surface area contributed by atoms with Crippen LogP contribution >= 0.6 is 0 Å². The van der Waals surface area contributed by atoms with Gasteiger partial charge in [-0.1, -0.05) is 0 Å². The van der Waals surface area contributed by atoms with Crippen molar-refractivity contribution in [2.45, 2.75) is 52.3 Å². The summed E-state index contributed by atoms with van der Waals surface area (Å²) >= 11 is -2.35. The number of allylic oxidation sites excluding steroid dienone is 4. The number of nitrogens with one attached hydrogen (secondary N) is 1. The summed E-state index contributed by atoms with van der Waals surface area (Å²) in [5.74, 6) is 0. The first-order chi connectivity index (χ1) is 13.4. The van der Waals surface area contributed by atoms with Gasteiger partial charge in [-0.2, -0.15) is 0 Å². The minimum atomic E-state index is -2.35. The summed E-state index contributed by atoms with van der Waals surface area (Å²) in [5, 5.41) is 3.69. The maximum absolute atomic E-state index is 6.19. The second-order valence-electron chi connectivity index (χ2n) is 8.62. The number of hydrogen-bond donors (Lipinski definition) is 1. The van der Waals surface area contributed by atoms with E-state index in [-0.39, 0.29) is 11.8 Å². The number of benzene rings is 2. The molecule has 146 valence electrons. The zero-order valence-corrected chi connectivity index (χ0v) is 20.8. The van der Waals surface area contributed by atoms with E-state index in [9.17, 15) is 0 Å². The summed E-state index contributed by atoms with van der Waals surface area (Å²) in [7, 11) is 0. The molecule has 1 N–H and O–H groups in total. The second kappa shape index (κ2) is 8.22. The predicted octanol–water partition coefficient (Wildman–Crippen LogP) is 4.21. The van der Waals surface area contributed by atoms with Gasteiger partial charge in [0.1, 0.15) is 0 Å². The molecule has 2 nitrogen and oxygen atoms in total. The molecule has 2 aliphatic rings. The molecule has 0 radical (unpaired) electrons. The number of aryl methyl sites for hydroxylation is 1. The molecule has 2 aromatic rings. The van der Waals surface area contributed by atoms with Gasteiger partial charge in [-0.25, -0.2) is 0 Å². The fourth-order valence-electron chi connectivity index (χ4n) is 3.88. The first kappa shape index (κ1) is 20.0. The van der Waals surface area contributed by atoms with Crippen molar-refractivity contribution in [1.82, 2.24) is 5.32 Å². The van der Waals surface area contributed by atoms with Crippen LogP contribution in [0, 0.1) is 6.92 Å². The van der Waals surface area contributed by atoms with Gasteiger partial charge < -0.3 is 0 Å². The van der Waals surface area contributed by atoms with Crippen LogP contribution < -0.4 is 11.9 Å². The summed E-state index contributed by atoms with van der Waals surface area (Å²) in [6.07, 6.45) is 7.16. The molecule has 3 heteroatoms. The zero-order chi connectivity index (χ0) is 19.7. The monoisotopic (exact) mass is 569 g/mol. The molecule has 1 saturated heterocycles. The molecule has 28 heavy (non-hydrogen) atoms. The molecule has 1 atom stereocenters. The van der Waals surface area contributed by atoms with E-state index in [1.807, 2.05) is 0 Å². The van der Waals surface area contributed by atoms with E-state index in [0.29, 0.717) is 0 Å². The molecule has 4 rings (SSSR count). The Morgan fingerprint density at radius 2 is 1.71 bits per heavy atom. The second-order valence-corrected chi connectivity index (χ2v) is 17.3. The van der Waals surface area contributed by atoms with Gasteiger partial charge in [0.25, 0.3) is 0 Å². The zero-order valence-electron chi connectivity index (χ0n) is 17.3. The SMILES string of the molecule is CC1=CC=[C]([Bi]([c]2ccc(C)cc2)[c]2ccccc2C2NC(C)(C)CO2)CC1. The van der Waals surface area contributed by atoms with Crippen LogP contribution in [0.3, 0.4) is 0 Å². The molecule has 0 saturated carbocycles. The first-order valence-electron chi connectivity index (χ1n) is 10.1. The van der Waals surface area contributed by atoms with Crippen LogP contribution in [0.1, 0.15) is 51.0 Å². The van der Waals surface area contributed by atoms with Crippen LogP contribution in [0.2, 0.25) is 0 Å². The van der Waals surface area contributed by atoms with Crippen LogP contribution in [0.5, 0.6) is 0 Å². The van der Waals surface area contributed by atoms with Gasteiger partial charge in [0.15, 0.2) is 0 Å². The van der Waals surface area contributed by atoms with Crippen LogP contribution in [-0.4, -0.2) is 33.9 Å². The summed E-state index contributed by atoms with van der Waals surface area (Å²) in [5.41, 5.74) is 4.19. The predicted molar refractivity (Wildman–Crippen MR) is 120 cm³/mol. The van der Waals surface area contributed by atoms with Crippen LogP contribution in [-0.2, 0) is 4.74 Å². The van der Waals surface area contributed by atoms with Crippen LogP contribution in [0.15, 0.2) is 69.5 Å². The molecular weight excluding hydrogens is 539 g/mol. The van der Waals surface area contributed by atoms with Crippen LogP contribution in [0.4, 0.5) is 0 Å². The Balaban J connectivity index is 1.81. The summed E-state index contributed by atoms with van der Waals surface area (Å²) in [6.45, 7) is 9.60. The van der Waals surface area contributed by atoms with Gasteiger partial charge in [0, 0.05) is 0 Å². The molecule has 1 unspecified atom stereocenters. The van der Waals surface area contributed by atoms with Gasteiger partial charge in [-0.15, -0.1) is 0 Å². The van der Waals surface area contributed by atoms with E-state index in [4.69, 9.17) is 4.74 Å². The first-order valence-corrected chi connectivity index (χ1v) is 15.4. The van der Waals surface area contributed by atoms with Gasteiger partial charge in [0.05, 0.1) is 0 Å². The average Bonchev–Trinajstić information content (AvgIpc) is 3.05. The third-order valence-electron chi connectivity index (χ3n) is 5.51. The summed E-state index contributed by atoms with van der Waals surface area (Å²) in [4.78, 5) is 0. The van der Waals surface area contributed by atoms with Crippen molar-refractivity contribution in [3.8, 4) is 0 Å². The maximum atomic E-state index is 6.19. The molecule has 1 heterocycles. The van der Waals surface area contributed by atoms with Crippen molar-refractivity contribution < 1.29 is 4.74 Å². The molecule has 0 amide bonds. The Bertz CT molecular complexity index is 910.